The molecular formula is C56H38N2. The number of hydrogen-bond acceptors (Lipinski definition) is 1. The van der Waals surface area contributed by atoms with Crippen LogP contribution in [0.15, 0.2) is 231 Å². The molecule has 272 valence electrons. The second-order valence-corrected chi connectivity index (χ2v) is 14.9. The summed E-state index contributed by atoms with van der Waals surface area (Å²) in [5.74, 6) is 0. The molecule has 10 aromatic carbocycles. The van der Waals surface area contributed by atoms with Crippen LogP contribution in [0.4, 0.5) is 17.1 Å². The van der Waals surface area contributed by atoms with Crippen LogP contribution in [0, 0.1) is 0 Å². The Balaban J connectivity index is 1.21. The van der Waals surface area contributed by atoms with Gasteiger partial charge < -0.3 is 9.47 Å². The molecule has 0 aliphatic rings. The lowest BCUT2D eigenvalue weighted by Crippen LogP contribution is -2.11. The monoisotopic (exact) mass is 738 g/mol. The van der Waals surface area contributed by atoms with Gasteiger partial charge in [-0.15, -0.1) is 0 Å². The van der Waals surface area contributed by atoms with Crippen LogP contribution in [-0.4, -0.2) is 4.57 Å². The van der Waals surface area contributed by atoms with Crippen LogP contribution in [0.25, 0.3) is 82.4 Å². The summed E-state index contributed by atoms with van der Waals surface area (Å²) >= 11 is 0. The van der Waals surface area contributed by atoms with Gasteiger partial charge in [0.1, 0.15) is 0 Å². The standard InChI is InChI=1S/C56H38N2/c1-3-16-39(17-4-1)41-32-35-46(36-33-41)57(51-26-13-11-23-47(51)42-19-5-2-6-20-42)53-28-15-29-54-55(53)50-25-12-14-27-52(50)58(54)56-48-24-10-9-21-43(48)34-37-49(56)45-31-30-40-18-7-8-22-44(40)38-45/h1-38H. The summed E-state index contributed by atoms with van der Waals surface area (Å²) in [5.41, 5.74) is 14.0. The molecule has 0 N–H and O–H groups in total. The highest BCUT2D eigenvalue weighted by atomic mass is 15.2. The third-order valence-corrected chi connectivity index (χ3v) is 11.6. The fraction of sp³-hybridized carbons (Fsp3) is 0. The molecule has 0 amide bonds. The van der Waals surface area contributed by atoms with Gasteiger partial charge in [-0.1, -0.05) is 188 Å². The molecule has 0 aliphatic heterocycles. The zero-order valence-corrected chi connectivity index (χ0v) is 31.8. The van der Waals surface area contributed by atoms with E-state index >= 15 is 0 Å². The topological polar surface area (TPSA) is 8.17 Å². The van der Waals surface area contributed by atoms with Gasteiger partial charge in [0.15, 0.2) is 0 Å². The van der Waals surface area contributed by atoms with Gasteiger partial charge in [0.2, 0.25) is 0 Å². The number of rotatable bonds is 7. The number of anilines is 3. The number of hydrogen-bond donors (Lipinski definition) is 0. The van der Waals surface area contributed by atoms with Crippen LogP contribution in [0.5, 0.6) is 0 Å². The second kappa shape index (κ2) is 14.1. The molecule has 0 aliphatic carbocycles. The number of benzene rings is 10. The van der Waals surface area contributed by atoms with Crippen LogP contribution in [0.1, 0.15) is 0 Å². The van der Waals surface area contributed by atoms with Gasteiger partial charge in [0.05, 0.1) is 28.1 Å². The third kappa shape index (κ3) is 5.66. The molecule has 0 spiro atoms. The van der Waals surface area contributed by atoms with Crippen molar-refractivity contribution in [3.63, 3.8) is 0 Å². The van der Waals surface area contributed by atoms with Gasteiger partial charge in [-0.05, 0) is 80.9 Å². The summed E-state index contributed by atoms with van der Waals surface area (Å²) in [5, 5.41) is 7.29. The largest absolute Gasteiger partial charge is 0.309 e. The summed E-state index contributed by atoms with van der Waals surface area (Å²) < 4.78 is 2.51. The van der Waals surface area contributed by atoms with Crippen LogP contribution in [0.2, 0.25) is 0 Å². The van der Waals surface area contributed by atoms with Crippen molar-refractivity contribution in [2.75, 3.05) is 4.90 Å². The minimum absolute atomic E-state index is 1.09. The van der Waals surface area contributed by atoms with E-state index in [1.807, 2.05) is 0 Å². The van der Waals surface area contributed by atoms with E-state index in [0.29, 0.717) is 0 Å². The van der Waals surface area contributed by atoms with Gasteiger partial charge in [-0.2, -0.15) is 0 Å². The number of nitrogens with zero attached hydrogens (tertiary/aromatic N) is 2. The molecule has 58 heavy (non-hydrogen) atoms. The highest BCUT2D eigenvalue weighted by molar-refractivity contribution is 6.18. The normalized spacial score (nSPS) is 11.4. The highest BCUT2D eigenvalue weighted by Crippen LogP contribution is 2.48. The van der Waals surface area contributed by atoms with Gasteiger partial charge in [-0.25, -0.2) is 0 Å². The van der Waals surface area contributed by atoms with Gasteiger partial charge in [-0.3, -0.25) is 0 Å². The first-order valence-electron chi connectivity index (χ1n) is 19.9. The fourth-order valence-corrected chi connectivity index (χ4v) is 8.89. The van der Waals surface area contributed by atoms with E-state index < -0.39 is 0 Å². The van der Waals surface area contributed by atoms with Crippen molar-refractivity contribution >= 4 is 60.4 Å². The molecule has 2 heteroatoms. The Kier molecular flexibility index (Phi) is 8.19. The van der Waals surface area contributed by atoms with Crippen molar-refractivity contribution in [1.29, 1.82) is 0 Å². The summed E-state index contributed by atoms with van der Waals surface area (Å²) in [6.45, 7) is 0. The van der Waals surface area contributed by atoms with Crippen LogP contribution < -0.4 is 4.90 Å². The van der Waals surface area contributed by atoms with E-state index in [1.54, 1.807) is 0 Å². The van der Waals surface area contributed by atoms with E-state index in [0.717, 1.165) is 22.6 Å². The van der Waals surface area contributed by atoms with Gasteiger partial charge >= 0.3 is 0 Å². The quantitative estimate of drug-likeness (QED) is 0.158. The lowest BCUT2D eigenvalue weighted by Gasteiger charge is -2.29. The highest BCUT2D eigenvalue weighted by Gasteiger charge is 2.24. The van der Waals surface area contributed by atoms with Crippen molar-refractivity contribution in [1.82, 2.24) is 4.57 Å². The summed E-state index contributed by atoms with van der Waals surface area (Å²) in [6, 6.07) is 83.8. The maximum Gasteiger partial charge on any atom is 0.0618 e. The van der Waals surface area contributed by atoms with E-state index in [4.69, 9.17) is 0 Å². The molecule has 0 saturated carbocycles. The molecule has 2 nitrogen and oxygen atoms in total. The zero-order chi connectivity index (χ0) is 38.4. The van der Waals surface area contributed by atoms with Crippen molar-refractivity contribution in [2.24, 2.45) is 0 Å². The molecule has 11 rings (SSSR count). The average Bonchev–Trinajstić information content (AvgIpc) is 3.64. The molecule has 0 radical (unpaired) electrons. The van der Waals surface area contributed by atoms with Crippen LogP contribution >= 0.6 is 0 Å². The van der Waals surface area contributed by atoms with Crippen LogP contribution in [-0.2, 0) is 0 Å². The summed E-state index contributed by atoms with van der Waals surface area (Å²) in [6.07, 6.45) is 0. The molecule has 0 atom stereocenters. The number of aromatic nitrogens is 1. The van der Waals surface area contributed by atoms with Crippen molar-refractivity contribution in [3.8, 4) is 39.1 Å². The third-order valence-electron chi connectivity index (χ3n) is 11.6. The molecule has 0 bridgehead atoms. The Hall–Kier alpha value is -7.68. The summed E-state index contributed by atoms with van der Waals surface area (Å²) in [7, 11) is 0. The Morgan fingerprint density at radius 3 is 1.69 bits per heavy atom. The molecule has 1 heterocycles. The summed E-state index contributed by atoms with van der Waals surface area (Å²) in [4.78, 5) is 2.46. The number of para-hydroxylation sites is 2. The SMILES string of the molecule is c1ccc(-c2ccc(N(c3ccccc3-c3ccccc3)c3cccc4c3c3ccccc3n4-c3c(-c4ccc5ccccc5c4)ccc4ccccc34)cc2)cc1. The second-order valence-electron chi connectivity index (χ2n) is 14.9. The Bertz CT molecular complexity index is 3270. The first-order valence-corrected chi connectivity index (χ1v) is 19.9. The smallest absolute Gasteiger partial charge is 0.0618 e. The first kappa shape index (κ1) is 33.6. The predicted molar refractivity (Wildman–Crippen MR) is 247 cm³/mol. The fourth-order valence-electron chi connectivity index (χ4n) is 8.89. The first-order chi connectivity index (χ1) is 28.8. The minimum Gasteiger partial charge on any atom is -0.309 e. The molecular weight excluding hydrogens is 701 g/mol. The molecule has 0 fully saturated rings. The Morgan fingerprint density at radius 1 is 0.310 bits per heavy atom. The Labute approximate surface area is 338 Å². The number of fused-ring (bicyclic) bond motifs is 5. The van der Waals surface area contributed by atoms with E-state index in [1.165, 1.54) is 76.9 Å². The molecule has 1 aromatic heterocycles. The average molecular weight is 739 g/mol. The predicted octanol–water partition coefficient (Wildman–Crippen LogP) is 15.6. The van der Waals surface area contributed by atoms with E-state index in [-0.39, 0.29) is 0 Å². The minimum atomic E-state index is 1.09. The molecule has 0 unspecified atom stereocenters. The van der Waals surface area contributed by atoms with Crippen molar-refractivity contribution < 1.29 is 0 Å². The lowest BCUT2D eigenvalue weighted by molar-refractivity contribution is 1.20. The van der Waals surface area contributed by atoms with Gasteiger partial charge in [0.25, 0.3) is 0 Å². The van der Waals surface area contributed by atoms with Crippen LogP contribution in [0.3, 0.4) is 0 Å². The maximum atomic E-state index is 2.51. The maximum absolute atomic E-state index is 2.51. The van der Waals surface area contributed by atoms with E-state index in [9.17, 15) is 0 Å². The lowest BCUT2D eigenvalue weighted by atomic mass is 9.96. The van der Waals surface area contributed by atoms with Crippen molar-refractivity contribution in [3.05, 3.63) is 231 Å². The van der Waals surface area contributed by atoms with Crippen molar-refractivity contribution in [2.45, 2.75) is 0 Å². The Morgan fingerprint density at radius 2 is 0.879 bits per heavy atom. The molecule has 0 saturated heterocycles. The molecule has 11 aromatic rings. The van der Waals surface area contributed by atoms with Gasteiger partial charge in [0, 0.05) is 33.0 Å². The zero-order valence-electron chi connectivity index (χ0n) is 31.8. The van der Waals surface area contributed by atoms with E-state index in [2.05, 4.69) is 240 Å².